The molecule has 8 nitrogen and oxygen atoms in total. The Hall–Kier alpha value is -2.71. The molecule has 5 rings (SSSR count). The van der Waals surface area contributed by atoms with E-state index in [9.17, 15) is 4.79 Å². The van der Waals surface area contributed by atoms with Crippen molar-refractivity contribution in [1.82, 2.24) is 20.4 Å². The van der Waals surface area contributed by atoms with Crippen molar-refractivity contribution in [2.45, 2.75) is 31.3 Å². The van der Waals surface area contributed by atoms with E-state index in [-0.39, 0.29) is 18.4 Å². The van der Waals surface area contributed by atoms with Crippen LogP contribution >= 0.6 is 0 Å². The van der Waals surface area contributed by atoms with Crippen LogP contribution in [0.3, 0.4) is 0 Å². The highest BCUT2D eigenvalue weighted by atomic mass is 16.5. The summed E-state index contributed by atoms with van der Waals surface area (Å²) in [4.78, 5) is 23.6. The summed E-state index contributed by atoms with van der Waals surface area (Å²) < 4.78 is 5.40. The van der Waals surface area contributed by atoms with E-state index in [1.54, 1.807) is 0 Å². The highest BCUT2D eigenvalue weighted by Gasteiger charge is 2.43. The number of carbonyl (C=O) groups is 2. The van der Waals surface area contributed by atoms with Crippen LogP contribution in [0.25, 0.3) is 16.5 Å². The summed E-state index contributed by atoms with van der Waals surface area (Å²) in [5.41, 5.74) is 3.84. The summed E-state index contributed by atoms with van der Waals surface area (Å²) in [5, 5.41) is 18.3. The van der Waals surface area contributed by atoms with Crippen molar-refractivity contribution < 1.29 is 19.4 Å². The fourth-order valence-electron chi connectivity index (χ4n) is 4.77. The number of carbonyl (C=O) groups excluding carboxylic acids is 1. The first-order chi connectivity index (χ1) is 14.1. The second-order valence-corrected chi connectivity index (χ2v) is 7.90. The number of nitrogens with zero attached hydrogens (tertiary/aromatic N) is 2. The Balaban J connectivity index is 0.000000645. The monoisotopic (exact) mass is 398 g/mol. The normalized spacial score (nSPS) is 26.0. The van der Waals surface area contributed by atoms with Gasteiger partial charge in [-0.1, -0.05) is 12.1 Å². The minimum absolute atomic E-state index is 0.0606. The molecule has 1 saturated carbocycles. The molecule has 1 saturated heterocycles. The zero-order valence-electron chi connectivity index (χ0n) is 16.4. The van der Waals surface area contributed by atoms with Crippen LogP contribution in [0, 0.1) is 5.92 Å². The van der Waals surface area contributed by atoms with Crippen molar-refractivity contribution in [3.8, 4) is 0 Å². The standard InChI is InChI=1S/C20H24N4O2.CH2O2/c1-24-11-14-8-15(24)10-18(14)21-20(25)19-16-9-13(2-3-17(16)22-23-19)12-4-6-26-7-5-12;2-1-3/h2-4,9,14-15,18H,5-8,10-11H2,1H3,(H,21,25)(H,22,23);1H,(H,2,3). The van der Waals surface area contributed by atoms with Gasteiger partial charge in [0, 0.05) is 24.0 Å². The van der Waals surface area contributed by atoms with Crippen LogP contribution in [0.1, 0.15) is 35.3 Å². The molecule has 2 fully saturated rings. The second-order valence-electron chi connectivity index (χ2n) is 7.90. The Bertz CT molecular complexity index is 936. The minimum Gasteiger partial charge on any atom is -0.483 e. The average molecular weight is 398 g/mol. The minimum atomic E-state index is -0.250. The third-order valence-electron chi connectivity index (χ3n) is 6.24. The van der Waals surface area contributed by atoms with E-state index in [1.165, 1.54) is 12.0 Å². The molecule has 154 valence electrons. The van der Waals surface area contributed by atoms with Gasteiger partial charge in [0.15, 0.2) is 5.69 Å². The summed E-state index contributed by atoms with van der Waals surface area (Å²) in [7, 11) is 2.18. The third kappa shape index (κ3) is 3.90. The quantitative estimate of drug-likeness (QED) is 0.682. The first-order valence-electron chi connectivity index (χ1n) is 9.95. The van der Waals surface area contributed by atoms with E-state index in [0.717, 1.165) is 42.5 Å². The largest absolute Gasteiger partial charge is 0.483 e. The van der Waals surface area contributed by atoms with Gasteiger partial charge in [0.25, 0.3) is 12.4 Å². The Kier molecular flexibility index (Phi) is 5.64. The van der Waals surface area contributed by atoms with Crippen molar-refractivity contribution in [3.63, 3.8) is 0 Å². The lowest BCUT2D eigenvalue weighted by Crippen LogP contribution is -2.44. The maximum absolute atomic E-state index is 12.9. The fourth-order valence-corrected chi connectivity index (χ4v) is 4.77. The number of rotatable bonds is 3. The van der Waals surface area contributed by atoms with Gasteiger partial charge in [-0.15, -0.1) is 0 Å². The second kappa shape index (κ2) is 8.34. The Morgan fingerprint density at radius 3 is 2.90 bits per heavy atom. The number of H-pyrrole nitrogens is 1. The summed E-state index contributed by atoms with van der Waals surface area (Å²) in [6, 6.07) is 7.08. The van der Waals surface area contributed by atoms with E-state index in [4.69, 9.17) is 14.6 Å². The van der Waals surface area contributed by atoms with Gasteiger partial charge in [-0.2, -0.15) is 5.10 Å². The molecule has 0 spiro atoms. The van der Waals surface area contributed by atoms with Gasteiger partial charge in [0.1, 0.15) is 0 Å². The molecular weight excluding hydrogens is 372 g/mol. The number of aromatic amines is 1. The predicted octanol–water partition coefficient (Wildman–Crippen LogP) is 1.89. The van der Waals surface area contributed by atoms with Crippen molar-refractivity contribution in [1.29, 1.82) is 0 Å². The Labute approximate surface area is 168 Å². The molecule has 3 atom stereocenters. The Morgan fingerprint density at radius 2 is 2.24 bits per heavy atom. The molecule has 3 N–H and O–H groups in total. The van der Waals surface area contributed by atoms with Crippen molar-refractivity contribution in [3.05, 3.63) is 35.5 Å². The van der Waals surface area contributed by atoms with E-state index in [1.807, 2.05) is 6.07 Å². The zero-order valence-corrected chi connectivity index (χ0v) is 16.4. The fraction of sp³-hybridized carbons (Fsp3) is 0.476. The number of benzene rings is 1. The first kappa shape index (κ1) is 19.6. The van der Waals surface area contributed by atoms with Crippen molar-refractivity contribution >= 4 is 28.9 Å². The van der Waals surface area contributed by atoms with Crippen LogP contribution in [-0.4, -0.2) is 71.5 Å². The maximum atomic E-state index is 12.9. The van der Waals surface area contributed by atoms with Gasteiger partial charge in [-0.25, -0.2) is 0 Å². The van der Waals surface area contributed by atoms with Crippen LogP contribution in [-0.2, 0) is 9.53 Å². The van der Waals surface area contributed by atoms with Crippen LogP contribution in [0.5, 0.6) is 0 Å². The highest BCUT2D eigenvalue weighted by molar-refractivity contribution is 6.05. The molecule has 3 heterocycles. The van der Waals surface area contributed by atoms with Gasteiger partial charge in [0.2, 0.25) is 0 Å². The van der Waals surface area contributed by atoms with Crippen molar-refractivity contribution in [2.24, 2.45) is 5.92 Å². The van der Waals surface area contributed by atoms with E-state index < -0.39 is 0 Å². The van der Waals surface area contributed by atoms with Crippen molar-refractivity contribution in [2.75, 3.05) is 26.8 Å². The number of fused-ring (bicyclic) bond motifs is 3. The molecule has 1 aromatic heterocycles. The molecule has 2 bridgehead atoms. The van der Waals surface area contributed by atoms with Crippen LogP contribution in [0.15, 0.2) is 24.3 Å². The van der Waals surface area contributed by atoms with Gasteiger partial charge in [-0.3, -0.25) is 14.7 Å². The SMILES string of the molecule is CN1CC2CC1CC2NC(=O)c1n[nH]c2ccc(C3=CCOCC3)cc12.O=CO. The molecule has 8 heteroatoms. The van der Waals surface area contributed by atoms with E-state index in [0.29, 0.717) is 24.3 Å². The number of aromatic nitrogens is 2. The number of hydrogen-bond donors (Lipinski definition) is 3. The zero-order chi connectivity index (χ0) is 20.4. The van der Waals surface area contributed by atoms with Gasteiger partial charge in [0.05, 0.1) is 18.7 Å². The predicted molar refractivity (Wildman–Crippen MR) is 109 cm³/mol. The molecule has 2 aromatic rings. The van der Waals surface area contributed by atoms with E-state index in [2.05, 4.69) is 45.7 Å². The number of hydrogen-bond acceptors (Lipinski definition) is 5. The van der Waals surface area contributed by atoms with Gasteiger partial charge < -0.3 is 20.1 Å². The molecule has 1 aliphatic carbocycles. The number of likely N-dealkylation sites (tertiary alicyclic amines) is 1. The van der Waals surface area contributed by atoms with Crippen LogP contribution in [0.4, 0.5) is 0 Å². The van der Waals surface area contributed by atoms with Crippen LogP contribution < -0.4 is 5.32 Å². The molecule has 0 radical (unpaired) electrons. The number of ether oxygens (including phenoxy) is 1. The molecule has 2 aliphatic heterocycles. The summed E-state index contributed by atoms with van der Waals surface area (Å²) >= 11 is 0. The number of amides is 1. The average Bonchev–Trinajstić information content (AvgIpc) is 3.42. The molecule has 3 aliphatic rings. The van der Waals surface area contributed by atoms with Gasteiger partial charge >= 0.3 is 0 Å². The van der Waals surface area contributed by atoms with E-state index >= 15 is 0 Å². The van der Waals surface area contributed by atoms with Crippen LogP contribution in [0.2, 0.25) is 0 Å². The summed E-state index contributed by atoms with van der Waals surface area (Å²) in [6.45, 7) is 2.24. The third-order valence-corrected chi connectivity index (χ3v) is 6.24. The molecule has 1 aromatic carbocycles. The molecule has 1 amide bonds. The maximum Gasteiger partial charge on any atom is 0.290 e. The summed E-state index contributed by atoms with van der Waals surface area (Å²) in [5.74, 6) is 0.511. The summed E-state index contributed by atoms with van der Waals surface area (Å²) in [6.07, 6.45) is 5.27. The first-order valence-corrected chi connectivity index (χ1v) is 9.95. The van der Waals surface area contributed by atoms with Gasteiger partial charge in [-0.05, 0) is 55.5 Å². The Morgan fingerprint density at radius 1 is 1.41 bits per heavy atom. The highest BCUT2D eigenvalue weighted by Crippen LogP contribution is 2.37. The number of nitrogens with one attached hydrogen (secondary N) is 2. The molecular formula is C21H26N4O4. The number of carboxylic acid groups (broad SMARTS) is 1. The molecule has 3 unspecified atom stereocenters. The molecule has 29 heavy (non-hydrogen) atoms. The number of piperidine rings is 1. The lowest BCUT2D eigenvalue weighted by atomic mass is 9.99. The smallest absolute Gasteiger partial charge is 0.290 e. The lowest BCUT2D eigenvalue weighted by Gasteiger charge is -2.28. The lowest BCUT2D eigenvalue weighted by molar-refractivity contribution is -0.122. The topological polar surface area (TPSA) is 108 Å².